The third-order valence-corrected chi connectivity index (χ3v) is 1.18. The molecule has 1 rings (SSSR count). The number of allylic oxidation sites excluding steroid dienone is 1. The van der Waals surface area contributed by atoms with E-state index in [1.165, 1.54) is 0 Å². The molecule has 0 saturated carbocycles. The van der Waals surface area contributed by atoms with E-state index in [-0.39, 0.29) is 0 Å². The van der Waals surface area contributed by atoms with Gasteiger partial charge in [0.15, 0.2) is 0 Å². The van der Waals surface area contributed by atoms with Crippen molar-refractivity contribution in [1.29, 1.82) is 0 Å². The monoisotopic (exact) mass is 126 g/mol. The number of hydrogen-bond donors (Lipinski definition) is 2. The Balaban J connectivity index is 2.94. The third kappa shape index (κ3) is 1.16. The van der Waals surface area contributed by atoms with Gasteiger partial charge in [0.2, 0.25) is 0 Å². The minimum Gasteiger partial charge on any atom is -0.397 e. The van der Waals surface area contributed by atoms with Gasteiger partial charge in [0.25, 0.3) is 0 Å². The Labute approximate surface area is 56.2 Å². The van der Waals surface area contributed by atoms with Gasteiger partial charge < -0.3 is 11.2 Å². The highest BCUT2D eigenvalue weighted by atomic mass is 15.5. The number of nitrogens with two attached hydrogens (primary N) is 1. The van der Waals surface area contributed by atoms with Gasteiger partial charge in [0.1, 0.15) is 0 Å². The van der Waals surface area contributed by atoms with E-state index < -0.39 is 0 Å². The zero-order chi connectivity index (χ0) is 7.72. The van der Waals surface area contributed by atoms with Gasteiger partial charge in [0, 0.05) is 19.4 Å². The Hall–Kier alpha value is -1.12. The fourth-order valence-corrected chi connectivity index (χ4v) is 0.623. The molecule has 1 aliphatic heterocycles. The molecule has 0 amide bonds. The van der Waals surface area contributed by atoms with Gasteiger partial charge in [-0.25, -0.2) is 0 Å². The van der Waals surface area contributed by atoms with E-state index >= 15 is 0 Å². The summed E-state index contributed by atoms with van der Waals surface area (Å²) in [7, 11) is 1.77. The van der Waals surface area contributed by atoms with Gasteiger partial charge in [-0.3, -0.25) is 5.01 Å². The van der Waals surface area contributed by atoms with Gasteiger partial charge in [-0.05, 0) is 12.5 Å². The van der Waals surface area contributed by atoms with Gasteiger partial charge in [-0.15, -0.1) is 0 Å². The molecule has 0 aliphatic carbocycles. The highest BCUT2D eigenvalue weighted by Crippen LogP contribution is 2.05. The summed E-state index contributed by atoms with van der Waals surface area (Å²) in [6.07, 6.45) is 2.09. The molecule has 0 unspecified atom stereocenters. The average Bonchev–Trinajstić information content (AvgIpc) is 1.93. The maximum atomic E-state index is 7.44. The molecule has 0 aromatic rings. The number of hydrogen-bond acceptors (Lipinski definition) is 3. The second-order valence-corrected chi connectivity index (χ2v) is 2.02. The summed E-state index contributed by atoms with van der Waals surface area (Å²) < 4.78 is 7.44. The Morgan fingerprint density at radius 1 is 1.89 bits per heavy atom. The lowest BCUT2D eigenvalue weighted by Gasteiger charge is -2.20. The molecule has 0 spiro atoms. The molecule has 0 fully saturated rings. The van der Waals surface area contributed by atoms with Crippen molar-refractivity contribution in [1.82, 2.24) is 10.4 Å². The second-order valence-electron chi connectivity index (χ2n) is 2.02. The van der Waals surface area contributed by atoms with E-state index in [4.69, 9.17) is 7.10 Å². The van der Waals surface area contributed by atoms with E-state index in [1.807, 2.05) is 6.92 Å². The summed E-state index contributed by atoms with van der Waals surface area (Å²) in [6.45, 7) is 1.82. The topological polar surface area (TPSA) is 41.3 Å². The van der Waals surface area contributed by atoms with Crippen molar-refractivity contribution in [3.05, 3.63) is 23.6 Å². The highest BCUT2D eigenvalue weighted by Gasteiger charge is 2.00. The van der Waals surface area contributed by atoms with Gasteiger partial charge >= 0.3 is 0 Å². The molecular weight excluding hydrogens is 114 g/mol. The van der Waals surface area contributed by atoms with Crippen molar-refractivity contribution < 1.29 is 1.37 Å². The summed E-state index contributed by atoms with van der Waals surface area (Å²) in [4.78, 5) is 0. The van der Waals surface area contributed by atoms with Crippen LogP contribution in [0.2, 0.25) is 0 Å². The van der Waals surface area contributed by atoms with Crippen LogP contribution in [0.15, 0.2) is 23.6 Å². The predicted octanol–water partition coefficient (Wildman–Crippen LogP) is 0.140. The minimum atomic E-state index is 0.417. The van der Waals surface area contributed by atoms with E-state index in [0.717, 1.165) is 5.57 Å². The molecule has 0 aromatic carbocycles. The molecule has 0 atom stereocenters. The predicted molar refractivity (Wildman–Crippen MR) is 36.9 cm³/mol. The van der Waals surface area contributed by atoms with Crippen LogP contribution in [-0.2, 0) is 0 Å². The largest absolute Gasteiger partial charge is 0.397 e. The fraction of sp³-hybridized carbons (Fsp3) is 0.333. The molecule has 9 heavy (non-hydrogen) atoms. The molecule has 3 heteroatoms. The zero-order valence-corrected chi connectivity index (χ0v) is 5.60. The van der Waals surface area contributed by atoms with Gasteiger partial charge in [0.05, 0.1) is 7.07 Å². The van der Waals surface area contributed by atoms with Crippen molar-refractivity contribution >= 4 is 0 Å². The molecule has 3 N–H and O–H groups in total. The maximum absolute atomic E-state index is 7.44. The number of rotatable bonds is 0. The van der Waals surface area contributed by atoms with Crippen LogP contribution in [0.5, 0.6) is 0 Å². The lowest BCUT2D eigenvalue weighted by molar-refractivity contribution is 0.376. The Morgan fingerprint density at radius 3 is 3.11 bits per heavy atom. The van der Waals surface area contributed by atoms with Crippen LogP contribution >= 0.6 is 0 Å². The quantitative estimate of drug-likeness (QED) is 0.485. The zero-order valence-electron chi connectivity index (χ0n) is 6.60. The lowest BCUT2D eigenvalue weighted by Crippen LogP contribution is -2.29. The third-order valence-electron chi connectivity index (χ3n) is 1.18. The van der Waals surface area contributed by atoms with Gasteiger partial charge in [-0.1, -0.05) is 0 Å². The first-order valence-corrected chi connectivity index (χ1v) is 2.76. The summed E-state index contributed by atoms with van der Waals surface area (Å²) in [5.74, 6) is 0. The van der Waals surface area contributed by atoms with Crippen molar-refractivity contribution in [2.45, 2.75) is 6.92 Å². The lowest BCUT2D eigenvalue weighted by atomic mass is 10.2. The van der Waals surface area contributed by atoms with E-state index in [9.17, 15) is 0 Å². The van der Waals surface area contributed by atoms with Gasteiger partial charge in [-0.2, -0.15) is 0 Å². The first kappa shape index (κ1) is 4.73. The number of nitrogens with one attached hydrogen (secondary N) is 1. The summed E-state index contributed by atoms with van der Waals surface area (Å²) in [5.41, 5.74) is 9.77. The molecular formula is C6H11N3. The Bertz CT molecular complexity index is 207. The molecule has 0 bridgehead atoms. The van der Waals surface area contributed by atoms with Crippen LogP contribution < -0.4 is 11.2 Å². The second kappa shape index (κ2) is 2.01. The van der Waals surface area contributed by atoms with E-state index in [0.29, 0.717) is 11.9 Å². The smallest absolute Gasteiger partial charge is 0.0839 e. The molecule has 0 radical (unpaired) electrons. The Morgan fingerprint density at radius 2 is 2.56 bits per heavy atom. The van der Waals surface area contributed by atoms with E-state index in [2.05, 4.69) is 5.43 Å². The fourth-order valence-electron chi connectivity index (χ4n) is 0.623. The van der Waals surface area contributed by atoms with E-state index in [1.54, 1.807) is 18.3 Å². The molecule has 1 heterocycles. The average molecular weight is 126 g/mol. The molecule has 0 aromatic heterocycles. The normalized spacial score (nSPS) is 20.9. The number of nitrogens with zero attached hydrogens (tertiary/aromatic N) is 1. The van der Waals surface area contributed by atoms with Crippen LogP contribution in [0.4, 0.5) is 0 Å². The Kier molecular flexibility index (Phi) is 1.06. The summed E-state index contributed by atoms with van der Waals surface area (Å²) >= 11 is 0. The SMILES string of the molecule is [2H]C1=C(C)C(N)=CNN1C. The van der Waals surface area contributed by atoms with Crippen LogP contribution in [0.1, 0.15) is 8.29 Å². The number of hydrazine groups is 1. The molecule has 0 saturated heterocycles. The van der Waals surface area contributed by atoms with Crippen LogP contribution in [0.3, 0.4) is 0 Å². The standard InChI is InChI=1S/C6H11N3/c1-5-4-9(2)8-3-6(5)7/h3-4,8H,7H2,1-2H3/i4D. The van der Waals surface area contributed by atoms with Crippen LogP contribution in [-0.4, -0.2) is 12.1 Å². The molecule has 50 valence electrons. The van der Waals surface area contributed by atoms with Crippen LogP contribution in [0.25, 0.3) is 0 Å². The molecule has 3 nitrogen and oxygen atoms in total. The maximum Gasteiger partial charge on any atom is 0.0839 e. The first-order chi connectivity index (χ1) is 4.63. The van der Waals surface area contributed by atoms with Crippen molar-refractivity contribution in [2.75, 3.05) is 7.05 Å². The first-order valence-electron chi connectivity index (χ1n) is 3.26. The summed E-state index contributed by atoms with van der Waals surface area (Å²) in [6, 6.07) is 0. The summed E-state index contributed by atoms with van der Waals surface area (Å²) in [5, 5.41) is 1.60. The molecule has 1 aliphatic rings. The van der Waals surface area contributed by atoms with Crippen molar-refractivity contribution in [3.8, 4) is 0 Å². The van der Waals surface area contributed by atoms with Crippen molar-refractivity contribution in [2.24, 2.45) is 5.73 Å². The van der Waals surface area contributed by atoms with Crippen molar-refractivity contribution in [3.63, 3.8) is 0 Å². The van der Waals surface area contributed by atoms with Crippen LogP contribution in [0, 0.1) is 0 Å². The highest BCUT2D eigenvalue weighted by molar-refractivity contribution is 5.26. The minimum absolute atomic E-state index is 0.417.